The van der Waals surface area contributed by atoms with Gasteiger partial charge < -0.3 is 4.74 Å². The molecular formula is C13H10Cl3N5O3S. The number of hydrogen-bond acceptors (Lipinski definition) is 6. The Hall–Kier alpha value is -1.81. The first-order chi connectivity index (χ1) is 11.7. The van der Waals surface area contributed by atoms with Crippen LogP contribution in [0.25, 0.3) is 5.65 Å². The van der Waals surface area contributed by atoms with Gasteiger partial charge in [-0.15, -0.1) is 5.10 Å². The van der Waals surface area contributed by atoms with Crippen LogP contribution in [0.3, 0.4) is 0 Å². The molecule has 2 aromatic heterocycles. The molecule has 0 aliphatic heterocycles. The molecule has 0 atom stereocenters. The molecule has 0 amide bonds. The summed E-state index contributed by atoms with van der Waals surface area (Å²) >= 11 is 18.2. The summed E-state index contributed by atoms with van der Waals surface area (Å²) in [5, 5.41) is 3.71. The molecule has 3 aromatic rings. The van der Waals surface area contributed by atoms with Gasteiger partial charge in [-0.25, -0.2) is 4.98 Å². The van der Waals surface area contributed by atoms with Gasteiger partial charge >= 0.3 is 0 Å². The Morgan fingerprint density at radius 3 is 2.60 bits per heavy atom. The topological polar surface area (TPSA) is 98.5 Å². The summed E-state index contributed by atoms with van der Waals surface area (Å²) in [4.78, 5) is 7.83. The molecule has 25 heavy (non-hydrogen) atoms. The number of methoxy groups -OCH3 is 1. The van der Waals surface area contributed by atoms with Gasteiger partial charge in [-0.3, -0.25) is 4.72 Å². The Labute approximate surface area is 157 Å². The van der Waals surface area contributed by atoms with Crippen LogP contribution in [-0.2, 0) is 10.0 Å². The number of benzene rings is 1. The van der Waals surface area contributed by atoms with Gasteiger partial charge in [-0.1, -0.05) is 40.9 Å². The van der Waals surface area contributed by atoms with E-state index < -0.39 is 15.2 Å². The number of sulfonamides is 1. The molecule has 0 aliphatic carbocycles. The third-order valence-corrected chi connectivity index (χ3v) is 5.49. The fourth-order valence-corrected chi connectivity index (χ4v) is 3.79. The standard InChI is InChI=1S/C13H10Cl3N5O3S/c1-6-3-4-7(14)10(8(6)15)20-25(22,23)13-18-11-9(16)12(24-2)17-5-21(11)19-13/h3-5,20H,1-2H3. The zero-order valence-corrected chi connectivity index (χ0v) is 15.9. The minimum atomic E-state index is -4.16. The van der Waals surface area contributed by atoms with Crippen molar-refractivity contribution in [1.29, 1.82) is 0 Å². The highest BCUT2D eigenvalue weighted by atomic mass is 35.5. The molecule has 132 valence electrons. The van der Waals surface area contributed by atoms with Gasteiger partial charge in [0, 0.05) is 0 Å². The fraction of sp³-hybridized carbons (Fsp3) is 0.154. The van der Waals surface area contributed by atoms with E-state index >= 15 is 0 Å². The summed E-state index contributed by atoms with van der Waals surface area (Å²) in [6.45, 7) is 1.72. The third kappa shape index (κ3) is 3.20. The van der Waals surface area contributed by atoms with Crippen LogP contribution < -0.4 is 9.46 Å². The summed E-state index contributed by atoms with van der Waals surface area (Å²) in [7, 11) is -2.79. The number of hydrogen-bond donors (Lipinski definition) is 1. The van der Waals surface area contributed by atoms with Crippen molar-refractivity contribution in [3.8, 4) is 5.88 Å². The van der Waals surface area contributed by atoms with Crippen molar-refractivity contribution in [2.45, 2.75) is 12.1 Å². The Morgan fingerprint density at radius 2 is 1.92 bits per heavy atom. The maximum Gasteiger partial charge on any atom is 0.299 e. The van der Waals surface area contributed by atoms with Crippen molar-refractivity contribution >= 4 is 56.2 Å². The van der Waals surface area contributed by atoms with Crippen LogP contribution >= 0.6 is 34.8 Å². The van der Waals surface area contributed by atoms with E-state index in [1.807, 2.05) is 0 Å². The predicted octanol–water partition coefficient (Wildman–Crippen LogP) is 3.20. The van der Waals surface area contributed by atoms with E-state index in [0.29, 0.717) is 5.56 Å². The lowest BCUT2D eigenvalue weighted by Crippen LogP contribution is -2.15. The second-order valence-corrected chi connectivity index (χ2v) is 7.63. The first kappa shape index (κ1) is 18.0. The number of nitrogens with one attached hydrogen (secondary N) is 1. The molecule has 0 saturated heterocycles. The van der Waals surface area contributed by atoms with E-state index in [-0.39, 0.29) is 32.3 Å². The minimum Gasteiger partial charge on any atom is -0.480 e. The van der Waals surface area contributed by atoms with Crippen LogP contribution in [0.15, 0.2) is 23.6 Å². The van der Waals surface area contributed by atoms with E-state index in [9.17, 15) is 8.42 Å². The van der Waals surface area contributed by atoms with E-state index in [1.165, 1.54) is 19.5 Å². The SMILES string of the molecule is COc1ncn2nc(S(=O)(=O)Nc3c(Cl)ccc(C)c3Cl)nc2c1Cl. The molecule has 0 unspecified atom stereocenters. The normalized spacial score (nSPS) is 11.7. The van der Waals surface area contributed by atoms with E-state index in [0.717, 1.165) is 4.52 Å². The molecule has 0 saturated carbocycles. The molecule has 0 bridgehead atoms. The summed E-state index contributed by atoms with van der Waals surface area (Å²) in [6, 6.07) is 3.20. The van der Waals surface area contributed by atoms with Crippen LogP contribution in [0.4, 0.5) is 5.69 Å². The quantitative estimate of drug-likeness (QED) is 0.693. The first-order valence-corrected chi connectivity index (χ1v) is 9.28. The average molecular weight is 423 g/mol. The van der Waals surface area contributed by atoms with Crippen molar-refractivity contribution in [2.75, 3.05) is 11.8 Å². The lowest BCUT2D eigenvalue weighted by molar-refractivity contribution is 0.397. The number of rotatable bonds is 4. The van der Waals surface area contributed by atoms with Gasteiger partial charge in [-0.2, -0.15) is 17.9 Å². The Balaban J connectivity index is 2.08. The molecule has 8 nitrogen and oxygen atoms in total. The number of halogens is 3. The summed E-state index contributed by atoms with van der Waals surface area (Å²) < 4.78 is 33.6. The van der Waals surface area contributed by atoms with Gasteiger partial charge in [0.05, 0.1) is 22.8 Å². The molecule has 0 fully saturated rings. The number of nitrogens with zero attached hydrogens (tertiary/aromatic N) is 4. The molecule has 3 rings (SSSR count). The molecule has 0 spiro atoms. The van der Waals surface area contributed by atoms with Gasteiger partial charge in [0.15, 0.2) is 5.65 Å². The average Bonchev–Trinajstić information content (AvgIpc) is 3.02. The highest BCUT2D eigenvalue weighted by Crippen LogP contribution is 2.34. The smallest absolute Gasteiger partial charge is 0.299 e. The van der Waals surface area contributed by atoms with E-state index in [2.05, 4.69) is 19.8 Å². The van der Waals surface area contributed by atoms with Gasteiger partial charge in [0.25, 0.3) is 15.2 Å². The van der Waals surface area contributed by atoms with Crippen LogP contribution in [0, 0.1) is 6.92 Å². The predicted molar refractivity (Wildman–Crippen MR) is 94.4 cm³/mol. The van der Waals surface area contributed by atoms with Crippen LogP contribution in [0.1, 0.15) is 5.56 Å². The largest absolute Gasteiger partial charge is 0.480 e. The van der Waals surface area contributed by atoms with Gasteiger partial charge in [-0.05, 0) is 18.6 Å². The molecule has 1 N–H and O–H groups in total. The van der Waals surface area contributed by atoms with Crippen LogP contribution in [0.5, 0.6) is 5.88 Å². The zero-order chi connectivity index (χ0) is 18.4. The Bertz CT molecular complexity index is 1080. The van der Waals surface area contributed by atoms with Crippen LogP contribution in [0.2, 0.25) is 15.1 Å². The van der Waals surface area contributed by atoms with Crippen molar-refractivity contribution in [3.63, 3.8) is 0 Å². The second-order valence-electron chi connectivity index (χ2n) is 4.89. The highest BCUT2D eigenvalue weighted by molar-refractivity contribution is 7.92. The number of aryl methyl sites for hydroxylation is 1. The number of anilines is 1. The molecular weight excluding hydrogens is 413 g/mol. The van der Waals surface area contributed by atoms with E-state index in [4.69, 9.17) is 39.5 Å². The maximum absolute atomic E-state index is 12.6. The zero-order valence-electron chi connectivity index (χ0n) is 12.8. The van der Waals surface area contributed by atoms with Crippen molar-refractivity contribution < 1.29 is 13.2 Å². The van der Waals surface area contributed by atoms with Crippen molar-refractivity contribution in [3.05, 3.63) is 39.1 Å². The molecule has 0 radical (unpaired) electrons. The number of fused-ring (bicyclic) bond motifs is 1. The molecule has 12 heteroatoms. The Morgan fingerprint density at radius 1 is 1.20 bits per heavy atom. The molecule has 2 heterocycles. The number of aromatic nitrogens is 4. The van der Waals surface area contributed by atoms with Crippen LogP contribution in [-0.4, -0.2) is 35.1 Å². The van der Waals surface area contributed by atoms with Gasteiger partial charge in [0.1, 0.15) is 11.3 Å². The summed E-state index contributed by atoms with van der Waals surface area (Å²) in [5.74, 6) is 0.100. The minimum absolute atomic E-state index is 0.0329. The van der Waals surface area contributed by atoms with Crippen molar-refractivity contribution in [1.82, 2.24) is 19.6 Å². The first-order valence-electron chi connectivity index (χ1n) is 6.67. The second kappa shape index (κ2) is 6.49. The summed E-state index contributed by atoms with van der Waals surface area (Å²) in [6.07, 6.45) is 1.23. The fourth-order valence-electron chi connectivity index (χ4n) is 1.98. The van der Waals surface area contributed by atoms with E-state index in [1.54, 1.807) is 13.0 Å². The third-order valence-electron chi connectivity index (χ3n) is 3.23. The monoisotopic (exact) mass is 421 g/mol. The summed E-state index contributed by atoms with van der Waals surface area (Å²) in [5.41, 5.74) is 0.781. The van der Waals surface area contributed by atoms with Gasteiger partial charge in [0.2, 0.25) is 5.88 Å². The highest BCUT2D eigenvalue weighted by Gasteiger charge is 2.25. The maximum atomic E-state index is 12.6. The number of ether oxygens (including phenoxy) is 1. The molecule has 0 aliphatic rings. The lowest BCUT2D eigenvalue weighted by atomic mass is 10.2. The van der Waals surface area contributed by atoms with Crippen molar-refractivity contribution in [2.24, 2.45) is 0 Å². The lowest BCUT2D eigenvalue weighted by Gasteiger charge is -2.10. The molecule has 1 aromatic carbocycles. The Kier molecular flexibility index (Phi) is 4.67.